The van der Waals surface area contributed by atoms with Gasteiger partial charge in [-0.2, -0.15) is 0 Å². The second-order valence-electron chi connectivity index (χ2n) is 5.18. The Balaban J connectivity index is 1.68. The van der Waals surface area contributed by atoms with Crippen LogP contribution in [0.15, 0.2) is 24.8 Å². The molecule has 1 aliphatic rings. The zero-order valence-electron chi connectivity index (χ0n) is 10.9. The van der Waals surface area contributed by atoms with Gasteiger partial charge in [-0.15, -0.1) is 0 Å². The predicted molar refractivity (Wildman–Crippen MR) is 72.3 cm³/mol. The van der Waals surface area contributed by atoms with Gasteiger partial charge in [-0.1, -0.05) is 0 Å². The fourth-order valence-electron chi connectivity index (χ4n) is 2.76. The first kappa shape index (κ1) is 12.4. The van der Waals surface area contributed by atoms with Crippen molar-refractivity contribution in [2.75, 3.05) is 6.54 Å². The van der Waals surface area contributed by atoms with E-state index >= 15 is 0 Å². The maximum Gasteiger partial charge on any atom is 0.120 e. The Morgan fingerprint density at radius 3 is 2.63 bits per heavy atom. The molecule has 1 fully saturated rings. The smallest absolute Gasteiger partial charge is 0.120 e. The van der Waals surface area contributed by atoms with Crippen LogP contribution < -0.4 is 5.73 Å². The Hall–Kier alpha value is -1.66. The lowest BCUT2D eigenvalue weighted by Crippen LogP contribution is -2.47. The first-order valence-electron chi connectivity index (χ1n) is 6.77. The molecule has 0 radical (unpaired) electrons. The second-order valence-corrected chi connectivity index (χ2v) is 5.18. The van der Waals surface area contributed by atoms with Gasteiger partial charge in [0.25, 0.3) is 0 Å². The summed E-state index contributed by atoms with van der Waals surface area (Å²) in [6, 6.07) is 0.729. The third kappa shape index (κ3) is 3.02. The summed E-state index contributed by atoms with van der Waals surface area (Å²) in [6.07, 6.45) is 10.3. The van der Waals surface area contributed by atoms with E-state index in [-0.39, 0.29) is 0 Å². The van der Waals surface area contributed by atoms with Crippen LogP contribution in [0, 0.1) is 0 Å². The largest absolute Gasteiger partial charge is 0.349 e. The third-order valence-corrected chi connectivity index (χ3v) is 3.77. The number of imidazole rings is 2. The molecule has 2 aromatic rings. The van der Waals surface area contributed by atoms with Crippen molar-refractivity contribution in [2.45, 2.75) is 37.9 Å². The van der Waals surface area contributed by atoms with Crippen molar-refractivity contribution >= 4 is 0 Å². The number of aromatic amines is 2. The van der Waals surface area contributed by atoms with Crippen molar-refractivity contribution in [1.29, 1.82) is 0 Å². The second kappa shape index (κ2) is 5.54. The molecule has 4 N–H and O–H groups in total. The third-order valence-electron chi connectivity index (χ3n) is 3.77. The maximum atomic E-state index is 6.11. The van der Waals surface area contributed by atoms with Crippen LogP contribution in [0.2, 0.25) is 0 Å². The Labute approximate surface area is 112 Å². The van der Waals surface area contributed by atoms with Crippen LogP contribution >= 0.6 is 0 Å². The summed E-state index contributed by atoms with van der Waals surface area (Å²) < 4.78 is 0. The van der Waals surface area contributed by atoms with Gasteiger partial charge in [0.1, 0.15) is 11.6 Å². The van der Waals surface area contributed by atoms with Crippen LogP contribution in [0.3, 0.4) is 0 Å². The molecule has 2 aromatic heterocycles. The van der Waals surface area contributed by atoms with Gasteiger partial charge in [-0.3, -0.25) is 4.90 Å². The van der Waals surface area contributed by atoms with Crippen molar-refractivity contribution < 1.29 is 0 Å². The molecule has 6 heteroatoms. The summed E-state index contributed by atoms with van der Waals surface area (Å²) in [5.41, 5.74) is 6.11. The molecule has 102 valence electrons. The van der Waals surface area contributed by atoms with E-state index in [1.54, 1.807) is 12.4 Å². The Morgan fingerprint density at radius 2 is 1.95 bits per heavy atom. The molecule has 0 amide bonds. The summed E-state index contributed by atoms with van der Waals surface area (Å²) in [7, 11) is 0. The lowest BCUT2D eigenvalue weighted by Gasteiger charge is -2.37. The first-order chi connectivity index (χ1) is 9.31. The predicted octanol–water partition coefficient (Wildman–Crippen LogP) is 0.667. The Morgan fingerprint density at radius 1 is 1.21 bits per heavy atom. The van der Waals surface area contributed by atoms with Gasteiger partial charge in [-0.25, -0.2) is 9.97 Å². The highest BCUT2D eigenvalue weighted by Crippen LogP contribution is 2.20. The minimum Gasteiger partial charge on any atom is -0.349 e. The topological polar surface area (TPSA) is 86.6 Å². The van der Waals surface area contributed by atoms with Crippen LogP contribution in [-0.4, -0.2) is 43.5 Å². The number of rotatable bonds is 4. The van der Waals surface area contributed by atoms with E-state index in [2.05, 4.69) is 24.8 Å². The summed E-state index contributed by atoms with van der Waals surface area (Å²) >= 11 is 0. The molecule has 19 heavy (non-hydrogen) atoms. The fraction of sp³-hybridized carbons (Fsp3) is 0.538. The summed E-state index contributed by atoms with van der Waals surface area (Å²) in [4.78, 5) is 17.4. The van der Waals surface area contributed by atoms with Gasteiger partial charge in [0.05, 0.1) is 6.54 Å². The lowest BCUT2D eigenvalue weighted by molar-refractivity contribution is 0.123. The molecule has 0 spiro atoms. The summed E-state index contributed by atoms with van der Waals surface area (Å²) in [6.45, 7) is 1.87. The fourth-order valence-corrected chi connectivity index (χ4v) is 2.76. The minimum atomic E-state index is 0.299. The lowest BCUT2D eigenvalue weighted by atomic mass is 9.95. The highest BCUT2D eigenvalue weighted by molar-refractivity contribution is 4.97. The molecule has 0 saturated carbocycles. The monoisotopic (exact) mass is 260 g/mol. The van der Waals surface area contributed by atoms with E-state index in [1.165, 1.54) is 0 Å². The van der Waals surface area contributed by atoms with Gasteiger partial charge >= 0.3 is 0 Å². The van der Waals surface area contributed by atoms with Crippen molar-refractivity contribution in [1.82, 2.24) is 24.8 Å². The normalized spacial score (nSPS) is 24.7. The van der Waals surface area contributed by atoms with Gasteiger partial charge < -0.3 is 15.7 Å². The van der Waals surface area contributed by atoms with Crippen molar-refractivity contribution in [3.63, 3.8) is 0 Å². The minimum absolute atomic E-state index is 0.299. The number of hydrogen-bond acceptors (Lipinski definition) is 4. The average molecular weight is 260 g/mol. The number of piperidine rings is 1. The zero-order valence-corrected chi connectivity index (χ0v) is 10.9. The van der Waals surface area contributed by atoms with E-state index in [0.717, 1.165) is 44.0 Å². The van der Waals surface area contributed by atoms with Crippen LogP contribution in [-0.2, 0) is 13.0 Å². The molecular formula is C13H20N6. The number of nitrogens with one attached hydrogen (secondary N) is 2. The Kier molecular flexibility index (Phi) is 3.61. The van der Waals surface area contributed by atoms with Gasteiger partial charge in [-0.05, 0) is 12.8 Å². The summed E-state index contributed by atoms with van der Waals surface area (Å²) in [5.74, 6) is 2.04. The molecule has 1 aliphatic heterocycles. The van der Waals surface area contributed by atoms with E-state index in [4.69, 9.17) is 5.73 Å². The molecule has 3 heterocycles. The SMILES string of the molecule is NC1CCN(Cc2ncc[nH]2)C(Cc2ncc[nH]2)C1. The van der Waals surface area contributed by atoms with Gasteiger partial charge in [0, 0.05) is 49.8 Å². The average Bonchev–Trinajstić information content (AvgIpc) is 3.05. The molecule has 0 aliphatic carbocycles. The van der Waals surface area contributed by atoms with E-state index in [1.807, 2.05) is 12.4 Å². The molecule has 2 unspecified atom stereocenters. The highest BCUT2D eigenvalue weighted by atomic mass is 15.2. The number of hydrogen-bond donors (Lipinski definition) is 3. The standard InChI is InChI=1S/C13H20N6/c14-10-1-6-19(9-13-17-4-5-18-13)11(7-10)8-12-15-2-3-16-12/h2-5,10-11H,1,6-9,14H2,(H,15,16)(H,17,18). The number of H-pyrrole nitrogens is 2. The molecule has 0 aromatic carbocycles. The molecule has 0 bridgehead atoms. The summed E-state index contributed by atoms with van der Waals surface area (Å²) in [5, 5.41) is 0. The van der Waals surface area contributed by atoms with Crippen molar-refractivity contribution in [2.24, 2.45) is 5.73 Å². The van der Waals surface area contributed by atoms with Crippen LogP contribution in [0.4, 0.5) is 0 Å². The van der Waals surface area contributed by atoms with Gasteiger partial charge in [0.2, 0.25) is 0 Å². The molecule has 2 atom stereocenters. The number of nitrogens with zero attached hydrogens (tertiary/aromatic N) is 3. The molecule has 6 nitrogen and oxygen atoms in total. The number of likely N-dealkylation sites (tertiary alicyclic amines) is 1. The van der Waals surface area contributed by atoms with E-state index < -0.39 is 0 Å². The van der Waals surface area contributed by atoms with Crippen molar-refractivity contribution in [3.05, 3.63) is 36.4 Å². The van der Waals surface area contributed by atoms with Crippen LogP contribution in [0.25, 0.3) is 0 Å². The molecular weight excluding hydrogens is 240 g/mol. The first-order valence-corrected chi connectivity index (χ1v) is 6.77. The maximum absolute atomic E-state index is 6.11. The molecule has 3 rings (SSSR count). The van der Waals surface area contributed by atoms with Gasteiger partial charge in [0.15, 0.2) is 0 Å². The van der Waals surface area contributed by atoms with Crippen LogP contribution in [0.1, 0.15) is 24.5 Å². The molecule has 1 saturated heterocycles. The number of nitrogens with two attached hydrogens (primary N) is 1. The zero-order chi connectivity index (χ0) is 13.1. The van der Waals surface area contributed by atoms with E-state index in [9.17, 15) is 0 Å². The number of aromatic nitrogens is 4. The van der Waals surface area contributed by atoms with E-state index in [0.29, 0.717) is 12.1 Å². The van der Waals surface area contributed by atoms with Crippen LogP contribution in [0.5, 0.6) is 0 Å². The highest BCUT2D eigenvalue weighted by Gasteiger charge is 2.27. The van der Waals surface area contributed by atoms with Crippen molar-refractivity contribution in [3.8, 4) is 0 Å². The quantitative estimate of drug-likeness (QED) is 0.754. The Bertz CT molecular complexity index is 477.